The first-order chi connectivity index (χ1) is 10.5. The van der Waals surface area contributed by atoms with Gasteiger partial charge in [-0.15, -0.1) is 0 Å². The van der Waals surface area contributed by atoms with Gasteiger partial charge in [0.1, 0.15) is 18.7 Å². The summed E-state index contributed by atoms with van der Waals surface area (Å²) in [5, 5.41) is 2.79. The number of hydrogen-bond donors (Lipinski definition) is 1. The quantitative estimate of drug-likeness (QED) is 0.621. The Kier molecular flexibility index (Phi) is 4.50. The topological polar surface area (TPSA) is 92.8 Å². The van der Waals surface area contributed by atoms with Gasteiger partial charge in [-0.1, -0.05) is 20.8 Å². The van der Waals surface area contributed by atoms with E-state index in [0.29, 0.717) is 18.8 Å². The number of amides is 3. The molecule has 1 saturated heterocycles. The van der Waals surface area contributed by atoms with E-state index in [9.17, 15) is 19.2 Å². The lowest BCUT2D eigenvalue weighted by molar-refractivity contribution is -0.150. The minimum absolute atomic E-state index is 0.0637. The van der Waals surface area contributed by atoms with Crippen LogP contribution < -0.4 is 5.32 Å². The predicted molar refractivity (Wildman–Crippen MR) is 81.4 cm³/mol. The summed E-state index contributed by atoms with van der Waals surface area (Å²) >= 11 is 0. The molecule has 1 N–H and O–H groups in total. The molecule has 2 atom stereocenters. The summed E-state index contributed by atoms with van der Waals surface area (Å²) in [4.78, 5) is 48.4. The smallest absolute Gasteiger partial charge is 0.326 e. The van der Waals surface area contributed by atoms with Crippen LogP contribution in [-0.2, 0) is 19.1 Å². The first-order valence-electron chi connectivity index (χ1n) is 7.84. The third kappa shape index (κ3) is 3.71. The van der Waals surface area contributed by atoms with Crippen LogP contribution in [0.1, 0.15) is 47.0 Å². The van der Waals surface area contributed by atoms with Crippen LogP contribution in [0.5, 0.6) is 0 Å². The van der Waals surface area contributed by atoms with E-state index in [2.05, 4.69) is 26.1 Å². The average Bonchev–Trinajstić information content (AvgIpc) is 2.58. The molecular weight excluding hydrogens is 300 g/mol. The molecule has 7 nitrogen and oxygen atoms in total. The van der Waals surface area contributed by atoms with E-state index < -0.39 is 24.1 Å². The second-order valence-corrected chi connectivity index (χ2v) is 7.62. The molecule has 0 bridgehead atoms. The summed E-state index contributed by atoms with van der Waals surface area (Å²) in [6, 6.07) is -0.570. The highest BCUT2D eigenvalue weighted by Crippen LogP contribution is 2.46. The Labute approximate surface area is 135 Å². The van der Waals surface area contributed by atoms with Gasteiger partial charge in [0.05, 0.1) is 0 Å². The second-order valence-electron chi connectivity index (χ2n) is 7.62. The van der Waals surface area contributed by atoms with Crippen molar-refractivity contribution in [2.75, 3.05) is 13.2 Å². The number of ether oxygens (including phenoxy) is 1. The van der Waals surface area contributed by atoms with Crippen molar-refractivity contribution in [3.63, 3.8) is 0 Å². The van der Waals surface area contributed by atoms with E-state index in [0.717, 1.165) is 11.3 Å². The van der Waals surface area contributed by atoms with Crippen molar-refractivity contribution >= 4 is 23.7 Å². The van der Waals surface area contributed by atoms with Crippen molar-refractivity contribution in [2.24, 2.45) is 11.3 Å². The van der Waals surface area contributed by atoms with Crippen molar-refractivity contribution in [1.29, 1.82) is 0 Å². The molecule has 3 amide bonds. The van der Waals surface area contributed by atoms with Gasteiger partial charge >= 0.3 is 12.0 Å². The predicted octanol–water partition coefficient (Wildman–Crippen LogP) is 1.26. The van der Waals surface area contributed by atoms with Crippen LogP contribution in [0.3, 0.4) is 0 Å². The first kappa shape index (κ1) is 17.4. The third-order valence-electron chi connectivity index (χ3n) is 4.35. The van der Waals surface area contributed by atoms with Gasteiger partial charge in [0.25, 0.3) is 5.91 Å². The second kappa shape index (κ2) is 5.94. The van der Waals surface area contributed by atoms with Crippen LogP contribution in [-0.4, -0.2) is 47.3 Å². The van der Waals surface area contributed by atoms with Crippen molar-refractivity contribution in [3.05, 3.63) is 0 Å². The Morgan fingerprint density at radius 3 is 2.52 bits per heavy atom. The lowest BCUT2D eigenvalue weighted by Gasteiger charge is -2.43. The molecule has 23 heavy (non-hydrogen) atoms. The van der Waals surface area contributed by atoms with Crippen LogP contribution in [0.15, 0.2) is 0 Å². The molecule has 0 radical (unpaired) electrons. The molecule has 0 aromatic carbocycles. The van der Waals surface area contributed by atoms with Crippen molar-refractivity contribution in [2.45, 2.75) is 52.5 Å². The minimum Gasteiger partial charge on any atom is -0.456 e. The Morgan fingerprint density at radius 1 is 1.30 bits per heavy atom. The van der Waals surface area contributed by atoms with E-state index >= 15 is 0 Å². The van der Waals surface area contributed by atoms with Gasteiger partial charge < -0.3 is 10.1 Å². The number of ketones is 1. The summed E-state index contributed by atoms with van der Waals surface area (Å²) in [5.74, 6) is -1.13. The van der Waals surface area contributed by atoms with Crippen LogP contribution in [0, 0.1) is 11.3 Å². The standard InChI is InChI=1S/C16H24N2O5/c1-10-5-15(3,4)9-16(6-10)13(21)18(14(22)17-16)7-12(20)23-8-11(2)19/h10H,5-9H2,1-4H3,(H,17,22)/t10-,16+/m0/s1. The Bertz CT molecular complexity index is 557. The number of imide groups is 1. The Hall–Kier alpha value is -1.92. The van der Waals surface area contributed by atoms with E-state index in [-0.39, 0.29) is 23.7 Å². The fourth-order valence-electron chi connectivity index (χ4n) is 4.01. The highest BCUT2D eigenvalue weighted by molar-refractivity contribution is 6.08. The Balaban J connectivity index is 2.10. The number of nitrogens with zero attached hydrogens (tertiary/aromatic N) is 1. The zero-order chi connectivity index (χ0) is 17.4. The molecule has 0 unspecified atom stereocenters. The average molecular weight is 324 g/mol. The molecule has 0 aromatic rings. The summed E-state index contributed by atoms with van der Waals surface area (Å²) in [7, 11) is 0. The van der Waals surface area contributed by atoms with Crippen LogP contribution in [0.4, 0.5) is 4.79 Å². The summed E-state index contributed by atoms with van der Waals surface area (Å²) in [6.45, 7) is 6.70. The molecule has 7 heteroatoms. The molecular formula is C16H24N2O5. The largest absolute Gasteiger partial charge is 0.456 e. The van der Waals surface area contributed by atoms with E-state index in [1.807, 2.05) is 0 Å². The molecule has 1 saturated carbocycles. The normalized spacial score (nSPS) is 29.6. The number of carbonyl (C=O) groups is 4. The zero-order valence-corrected chi connectivity index (χ0v) is 14.1. The molecule has 1 aliphatic carbocycles. The van der Waals surface area contributed by atoms with Gasteiger partial charge in [-0.05, 0) is 37.5 Å². The van der Waals surface area contributed by atoms with E-state index in [1.54, 1.807) is 0 Å². The number of rotatable bonds is 4. The summed E-state index contributed by atoms with van der Waals surface area (Å²) in [5.41, 5.74) is -0.995. The van der Waals surface area contributed by atoms with Crippen LogP contribution >= 0.6 is 0 Å². The number of esters is 1. The maximum absolute atomic E-state index is 12.8. The van der Waals surface area contributed by atoms with Crippen molar-refractivity contribution in [1.82, 2.24) is 10.2 Å². The van der Waals surface area contributed by atoms with Gasteiger partial charge in [0.15, 0.2) is 5.78 Å². The minimum atomic E-state index is -0.931. The number of hydrogen-bond acceptors (Lipinski definition) is 5. The monoisotopic (exact) mass is 324 g/mol. The lowest BCUT2D eigenvalue weighted by atomic mass is 9.64. The molecule has 128 valence electrons. The number of urea groups is 1. The number of Topliss-reactive ketones (excluding diaryl/α,β-unsaturated/α-hetero) is 1. The molecule has 0 aromatic heterocycles. The summed E-state index contributed by atoms with van der Waals surface area (Å²) < 4.78 is 4.74. The highest BCUT2D eigenvalue weighted by Gasteiger charge is 2.56. The van der Waals surface area contributed by atoms with Gasteiger partial charge in [-0.3, -0.25) is 19.3 Å². The number of carbonyl (C=O) groups excluding carboxylic acids is 4. The van der Waals surface area contributed by atoms with E-state index in [4.69, 9.17) is 4.74 Å². The van der Waals surface area contributed by atoms with Crippen LogP contribution in [0.25, 0.3) is 0 Å². The molecule has 1 aliphatic heterocycles. The highest BCUT2D eigenvalue weighted by atomic mass is 16.5. The first-order valence-corrected chi connectivity index (χ1v) is 7.84. The molecule has 1 heterocycles. The van der Waals surface area contributed by atoms with Gasteiger partial charge in [0, 0.05) is 0 Å². The molecule has 1 spiro atoms. The number of nitrogens with one attached hydrogen (secondary N) is 1. The van der Waals surface area contributed by atoms with Gasteiger partial charge in [-0.2, -0.15) is 0 Å². The third-order valence-corrected chi connectivity index (χ3v) is 4.35. The maximum atomic E-state index is 12.8. The molecule has 2 rings (SSSR count). The molecule has 2 aliphatic rings. The van der Waals surface area contributed by atoms with Gasteiger partial charge in [-0.25, -0.2) is 4.79 Å². The van der Waals surface area contributed by atoms with Crippen molar-refractivity contribution in [3.8, 4) is 0 Å². The van der Waals surface area contributed by atoms with E-state index in [1.165, 1.54) is 6.92 Å². The van der Waals surface area contributed by atoms with Crippen LogP contribution in [0.2, 0.25) is 0 Å². The fraction of sp³-hybridized carbons (Fsp3) is 0.750. The Morgan fingerprint density at radius 2 is 1.96 bits per heavy atom. The van der Waals surface area contributed by atoms with Crippen molar-refractivity contribution < 1.29 is 23.9 Å². The SMILES string of the molecule is CC(=O)COC(=O)CN1C(=O)N[C@@]2(C[C@@H](C)CC(C)(C)C2)C1=O. The zero-order valence-electron chi connectivity index (χ0n) is 14.1. The summed E-state index contributed by atoms with van der Waals surface area (Å²) in [6.07, 6.45) is 2.10. The maximum Gasteiger partial charge on any atom is 0.326 e. The fourth-order valence-corrected chi connectivity index (χ4v) is 4.01. The lowest BCUT2D eigenvalue weighted by Crippen LogP contribution is -2.54. The molecule has 2 fully saturated rings. The van der Waals surface area contributed by atoms with Gasteiger partial charge in [0.2, 0.25) is 0 Å².